The lowest BCUT2D eigenvalue weighted by molar-refractivity contribution is -0.147. The molecule has 1 aliphatic rings. The molecule has 4 rings (SSSR count). The molecule has 3 aromatic rings. The Morgan fingerprint density at radius 3 is 2.75 bits per heavy atom. The highest BCUT2D eigenvalue weighted by atomic mass is 32.1. The van der Waals surface area contributed by atoms with Gasteiger partial charge in [0.1, 0.15) is 16.6 Å². The van der Waals surface area contributed by atoms with E-state index in [9.17, 15) is 9.59 Å². The number of piperazine rings is 1. The van der Waals surface area contributed by atoms with Crippen molar-refractivity contribution < 1.29 is 9.59 Å². The predicted molar refractivity (Wildman–Crippen MR) is 106 cm³/mol. The van der Waals surface area contributed by atoms with Crippen LogP contribution < -0.4 is 10.6 Å². The van der Waals surface area contributed by atoms with Gasteiger partial charge in [-0.2, -0.15) is 0 Å². The zero-order valence-corrected chi connectivity index (χ0v) is 16.0. The maximum absolute atomic E-state index is 11.9. The fourth-order valence-corrected chi connectivity index (χ4v) is 3.67. The van der Waals surface area contributed by atoms with Gasteiger partial charge in [0, 0.05) is 12.4 Å². The van der Waals surface area contributed by atoms with Crippen molar-refractivity contribution in [1.29, 1.82) is 0 Å². The summed E-state index contributed by atoms with van der Waals surface area (Å²) >= 11 is 1.42. The van der Waals surface area contributed by atoms with Gasteiger partial charge in [-0.05, 0) is 36.8 Å². The lowest BCUT2D eigenvalue weighted by atomic mass is 10.3. The summed E-state index contributed by atoms with van der Waals surface area (Å²) in [6, 6.07) is 9.55. The second-order valence-electron chi connectivity index (χ2n) is 6.35. The van der Waals surface area contributed by atoms with Gasteiger partial charge in [-0.25, -0.2) is 15.0 Å². The van der Waals surface area contributed by atoms with E-state index in [0.717, 1.165) is 22.0 Å². The van der Waals surface area contributed by atoms with E-state index in [1.807, 2.05) is 37.3 Å². The fraction of sp³-hybridized carbons (Fsp3) is 0.211. The summed E-state index contributed by atoms with van der Waals surface area (Å²) < 4.78 is 0. The molecule has 2 amide bonds. The lowest BCUT2D eigenvalue weighted by Crippen LogP contribution is -2.51. The van der Waals surface area contributed by atoms with Crippen LogP contribution in [0.2, 0.25) is 0 Å². The number of aromatic nitrogens is 3. The smallest absolute Gasteiger partial charge is 0.243 e. The van der Waals surface area contributed by atoms with Crippen LogP contribution >= 0.6 is 11.3 Å². The molecule has 9 heteroatoms. The van der Waals surface area contributed by atoms with Crippen LogP contribution in [0.1, 0.15) is 10.6 Å². The molecule has 0 saturated carbocycles. The van der Waals surface area contributed by atoms with E-state index in [-0.39, 0.29) is 31.4 Å². The second-order valence-corrected chi connectivity index (χ2v) is 7.46. The molecule has 2 N–H and O–H groups in total. The highest BCUT2D eigenvalue weighted by molar-refractivity contribution is 7.15. The first kappa shape index (κ1) is 18.2. The molecule has 1 aliphatic heterocycles. The topological polar surface area (TPSA) is 100 Å². The van der Waals surface area contributed by atoms with Gasteiger partial charge in [0.05, 0.1) is 30.2 Å². The summed E-state index contributed by atoms with van der Waals surface area (Å²) in [5, 5.41) is 6.67. The molecule has 28 heavy (non-hydrogen) atoms. The van der Waals surface area contributed by atoms with Gasteiger partial charge < -0.3 is 5.32 Å². The minimum Gasteiger partial charge on any atom is -0.325 e. The third kappa shape index (κ3) is 4.05. The van der Waals surface area contributed by atoms with E-state index in [1.165, 1.54) is 16.2 Å². The average molecular weight is 394 g/mol. The molecule has 3 aromatic heterocycles. The third-order valence-corrected chi connectivity index (χ3v) is 5.18. The molecule has 142 valence electrons. The summed E-state index contributed by atoms with van der Waals surface area (Å²) in [6.45, 7) is 2.54. The van der Waals surface area contributed by atoms with Gasteiger partial charge in [-0.15, -0.1) is 11.3 Å². The third-order valence-electron chi connectivity index (χ3n) is 4.17. The molecule has 0 unspecified atom stereocenters. The number of carbonyl (C=O) groups excluding carboxylic acids is 2. The van der Waals surface area contributed by atoms with Crippen LogP contribution in [0.3, 0.4) is 0 Å². The quantitative estimate of drug-likeness (QED) is 0.639. The largest absolute Gasteiger partial charge is 0.325 e. The maximum Gasteiger partial charge on any atom is 0.243 e. The summed E-state index contributed by atoms with van der Waals surface area (Å²) in [7, 11) is 0. The molecular formula is C19H18N6O2S. The SMILES string of the molecule is Cc1ccnc(Nc2cccc(-c3cnc(CN4C(=O)CNCC4=O)s3)n2)c1. The molecule has 8 nitrogen and oxygen atoms in total. The van der Waals surface area contributed by atoms with E-state index in [4.69, 9.17) is 0 Å². The van der Waals surface area contributed by atoms with Crippen LogP contribution in [-0.2, 0) is 16.1 Å². The highest BCUT2D eigenvalue weighted by Crippen LogP contribution is 2.27. The molecule has 1 saturated heterocycles. The number of aryl methyl sites for hydroxylation is 1. The minimum absolute atomic E-state index is 0.173. The number of amides is 2. The molecular weight excluding hydrogens is 376 g/mol. The molecule has 1 fully saturated rings. The Morgan fingerprint density at radius 2 is 1.96 bits per heavy atom. The van der Waals surface area contributed by atoms with Crippen molar-refractivity contribution in [3.63, 3.8) is 0 Å². The van der Waals surface area contributed by atoms with Crippen molar-refractivity contribution in [3.05, 3.63) is 53.3 Å². The van der Waals surface area contributed by atoms with Gasteiger partial charge in [0.2, 0.25) is 11.8 Å². The number of thiazole rings is 1. The molecule has 0 spiro atoms. The van der Waals surface area contributed by atoms with E-state index in [1.54, 1.807) is 12.4 Å². The van der Waals surface area contributed by atoms with Crippen molar-refractivity contribution in [2.24, 2.45) is 0 Å². The van der Waals surface area contributed by atoms with Crippen molar-refractivity contribution in [2.75, 3.05) is 18.4 Å². The molecule has 4 heterocycles. The van der Waals surface area contributed by atoms with E-state index in [2.05, 4.69) is 25.6 Å². The van der Waals surface area contributed by atoms with Crippen molar-refractivity contribution in [3.8, 4) is 10.6 Å². The van der Waals surface area contributed by atoms with Gasteiger partial charge in [0.15, 0.2) is 0 Å². The number of pyridine rings is 2. The van der Waals surface area contributed by atoms with Gasteiger partial charge in [-0.3, -0.25) is 19.8 Å². The van der Waals surface area contributed by atoms with Gasteiger partial charge in [0.25, 0.3) is 0 Å². The van der Waals surface area contributed by atoms with Crippen molar-refractivity contribution >= 4 is 34.8 Å². The Hall–Kier alpha value is -3.17. The molecule has 0 aliphatic carbocycles. The standard InChI is InChI=1S/C19H18N6O2S/c1-12-5-6-21-16(7-12)24-15-4-2-3-13(23-15)14-8-22-17(28-14)11-25-18(26)9-20-10-19(25)27/h2-8,20H,9-11H2,1H3,(H,21,23,24). The number of hydrogen-bond donors (Lipinski definition) is 2. The van der Waals surface area contributed by atoms with Crippen LogP contribution in [0.5, 0.6) is 0 Å². The first-order valence-corrected chi connectivity index (χ1v) is 9.56. The number of nitrogens with zero attached hydrogens (tertiary/aromatic N) is 4. The van der Waals surface area contributed by atoms with Crippen LogP contribution in [0, 0.1) is 6.92 Å². The van der Waals surface area contributed by atoms with Crippen LogP contribution in [-0.4, -0.2) is 44.8 Å². The van der Waals surface area contributed by atoms with Gasteiger partial charge >= 0.3 is 0 Å². The second kappa shape index (κ2) is 7.83. The Kier molecular flexibility index (Phi) is 5.09. The Bertz CT molecular complexity index is 1020. The van der Waals surface area contributed by atoms with Gasteiger partial charge in [-0.1, -0.05) is 6.07 Å². The maximum atomic E-state index is 11.9. The normalized spacial score (nSPS) is 14.4. The predicted octanol–water partition coefficient (Wildman–Crippen LogP) is 2.11. The van der Waals surface area contributed by atoms with Crippen molar-refractivity contribution in [1.82, 2.24) is 25.2 Å². The fourth-order valence-electron chi connectivity index (χ4n) is 2.80. The molecule has 0 atom stereocenters. The lowest BCUT2D eigenvalue weighted by Gasteiger charge is -2.24. The van der Waals surface area contributed by atoms with E-state index < -0.39 is 0 Å². The summed E-state index contributed by atoms with van der Waals surface area (Å²) in [6.07, 6.45) is 3.46. The van der Waals surface area contributed by atoms with Crippen LogP contribution in [0.25, 0.3) is 10.6 Å². The van der Waals surface area contributed by atoms with Crippen molar-refractivity contribution in [2.45, 2.75) is 13.5 Å². The van der Waals surface area contributed by atoms with E-state index in [0.29, 0.717) is 10.8 Å². The first-order valence-electron chi connectivity index (χ1n) is 8.74. The Morgan fingerprint density at radius 1 is 1.14 bits per heavy atom. The number of nitrogens with one attached hydrogen (secondary N) is 2. The number of rotatable bonds is 5. The molecule has 0 bridgehead atoms. The molecule has 0 radical (unpaired) electrons. The van der Waals surface area contributed by atoms with E-state index >= 15 is 0 Å². The number of imide groups is 1. The number of carbonyl (C=O) groups is 2. The summed E-state index contributed by atoms with van der Waals surface area (Å²) in [5.41, 5.74) is 1.87. The zero-order chi connectivity index (χ0) is 19.5. The van der Waals surface area contributed by atoms with Crippen LogP contribution in [0.15, 0.2) is 42.7 Å². The zero-order valence-electron chi connectivity index (χ0n) is 15.2. The molecule has 0 aromatic carbocycles. The van der Waals surface area contributed by atoms with Crippen LogP contribution in [0.4, 0.5) is 11.6 Å². The average Bonchev–Trinajstić information content (AvgIpc) is 3.14. The monoisotopic (exact) mass is 394 g/mol. The number of anilines is 2. The first-order chi connectivity index (χ1) is 13.6. The minimum atomic E-state index is -0.233. The highest BCUT2D eigenvalue weighted by Gasteiger charge is 2.26. The summed E-state index contributed by atoms with van der Waals surface area (Å²) in [4.78, 5) is 39.2. The summed E-state index contributed by atoms with van der Waals surface area (Å²) in [5.74, 6) is 0.939. The Labute approximate surface area is 165 Å². The Balaban J connectivity index is 1.51. The number of hydrogen-bond acceptors (Lipinski definition) is 8.